The first-order chi connectivity index (χ1) is 9.10. The van der Waals surface area contributed by atoms with Gasteiger partial charge in [-0.15, -0.1) is 0 Å². The predicted octanol–water partition coefficient (Wildman–Crippen LogP) is 2.36. The van der Waals surface area contributed by atoms with Crippen LogP contribution >= 0.6 is 11.6 Å². The lowest BCUT2D eigenvalue weighted by atomic mass is 10.2. The summed E-state index contributed by atoms with van der Waals surface area (Å²) in [6, 6.07) is 5.42. The van der Waals surface area contributed by atoms with Crippen LogP contribution in [0.1, 0.15) is 5.56 Å². The predicted molar refractivity (Wildman–Crippen MR) is 76.6 cm³/mol. The highest BCUT2D eigenvalue weighted by Gasteiger charge is 2.08. The highest BCUT2D eigenvalue weighted by molar-refractivity contribution is 6.31. The number of hydrogen-bond acceptors (Lipinski definition) is 5. The van der Waals surface area contributed by atoms with Crippen LogP contribution in [0.25, 0.3) is 0 Å². The summed E-state index contributed by atoms with van der Waals surface area (Å²) in [4.78, 5) is 10.3. The Kier molecular flexibility index (Phi) is 4.06. The van der Waals surface area contributed by atoms with Crippen molar-refractivity contribution >= 4 is 23.1 Å². The molecule has 0 saturated heterocycles. The molecule has 1 heterocycles. The van der Waals surface area contributed by atoms with E-state index < -0.39 is 0 Å². The summed E-state index contributed by atoms with van der Waals surface area (Å²) in [7, 11) is 3.46. The zero-order chi connectivity index (χ0) is 13.8. The molecule has 0 aliphatic heterocycles. The molecule has 100 valence electrons. The fraction of sp³-hybridized carbons (Fsp3) is 0.231. The lowest BCUT2D eigenvalue weighted by Crippen LogP contribution is -2.18. The highest BCUT2D eigenvalue weighted by atomic mass is 35.5. The molecular weight excluding hydrogens is 264 g/mol. The van der Waals surface area contributed by atoms with Crippen LogP contribution in [0.2, 0.25) is 5.02 Å². The van der Waals surface area contributed by atoms with Crippen molar-refractivity contribution in [3.05, 3.63) is 41.2 Å². The number of anilines is 2. The zero-order valence-electron chi connectivity index (χ0n) is 10.8. The number of ether oxygens (including phenoxy) is 1. The van der Waals surface area contributed by atoms with Crippen LogP contribution in [0.3, 0.4) is 0 Å². The number of aromatic nitrogens is 2. The molecule has 0 atom stereocenters. The van der Waals surface area contributed by atoms with E-state index in [1.165, 1.54) is 0 Å². The minimum absolute atomic E-state index is 0.475. The maximum atomic E-state index is 6.14. The number of rotatable bonds is 4. The van der Waals surface area contributed by atoms with Crippen molar-refractivity contribution in [2.24, 2.45) is 0 Å². The Morgan fingerprint density at radius 1 is 1.37 bits per heavy atom. The first kappa shape index (κ1) is 13.4. The van der Waals surface area contributed by atoms with Crippen LogP contribution in [-0.2, 0) is 6.54 Å². The largest absolute Gasteiger partial charge is 0.480 e. The Morgan fingerprint density at radius 3 is 2.89 bits per heavy atom. The monoisotopic (exact) mass is 278 g/mol. The van der Waals surface area contributed by atoms with Crippen molar-refractivity contribution in [2.75, 3.05) is 24.8 Å². The number of nitrogens with two attached hydrogens (primary N) is 1. The quantitative estimate of drug-likeness (QED) is 0.870. The van der Waals surface area contributed by atoms with Crippen LogP contribution in [0, 0.1) is 0 Å². The fourth-order valence-corrected chi connectivity index (χ4v) is 1.85. The second-order valence-electron chi connectivity index (χ2n) is 4.13. The van der Waals surface area contributed by atoms with Crippen LogP contribution in [0.15, 0.2) is 30.6 Å². The summed E-state index contributed by atoms with van der Waals surface area (Å²) in [5.41, 5.74) is 7.39. The molecule has 0 aliphatic rings. The number of nitrogen functional groups attached to an aromatic ring is 1. The molecule has 2 N–H and O–H groups in total. The molecule has 6 heteroatoms. The van der Waals surface area contributed by atoms with Crippen LogP contribution < -0.4 is 15.4 Å². The van der Waals surface area contributed by atoms with E-state index in [1.54, 1.807) is 31.6 Å². The van der Waals surface area contributed by atoms with Gasteiger partial charge in [0.2, 0.25) is 5.88 Å². The molecule has 0 radical (unpaired) electrons. The van der Waals surface area contributed by atoms with Gasteiger partial charge >= 0.3 is 0 Å². The topological polar surface area (TPSA) is 64.3 Å². The van der Waals surface area contributed by atoms with E-state index in [-0.39, 0.29) is 0 Å². The van der Waals surface area contributed by atoms with Crippen molar-refractivity contribution in [2.45, 2.75) is 6.54 Å². The summed E-state index contributed by atoms with van der Waals surface area (Å²) in [5, 5.41) is 0.678. The smallest absolute Gasteiger partial charge is 0.233 e. The van der Waals surface area contributed by atoms with Gasteiger partial charge < -0.3 is 15.4 Å². The zero-order valence-corrected chi connectivity index (χ0v) is 11.6. The molecule has 0 fully saturated rings. The molecule has 2 rings (SSSR count). The molecule has 0 saturated carbocycles. The lowest BCUT2D eigenvalue weighted by Gasteiger charge is -2.19. The van der Waals surface area contributed by atoms with Crippen molar-refractivity contribution in [3.63, 3.8) is 0 Å². The van der Waals surface area contributed by atoms with Gasteiger partial charge in [-0.25, -0.2) is 0 Å². The highest BCUT2D eigenvalue weighted by Crippen LogP contribution is 2.22. The number of benzene rings is 1. The average Bonchev–Trinajstić information content (AvgIpc) is 2.43. The van der Waals surface area contributed by atoms with Gasteiger partial charge in [0.05, 0.1) is 19.5 Å². The van der Waals surface area contributed by atoms with Crippen LogP contribution in [0.5, 0.6) is 5.88 Å². The van der Waals surface area contributed by atoms with Gasteiger partial charge in [-0.3, -0.25) is 4.98 Å². The molecule has 0 aliphatic carbocycles. The second-order valence-corrected chi connectivity index (χ2v) is 4.53. The number of hydrogen-bond donors (Lipinski definition) is 1. The van der Waals surface area contributed by atoms with E-state index in [0.29, 0.717) is 29.0 Å². The molecule has 19 heavy (non-hydrogen) atoms. The third-order valence-corrected chi connectivity index (χ3v) is 3.05. The summed E-state index contributed by atoms with van der Waals surface area (Å²) in [5.74, 6) is 1.18. The van der Waals surface area contributed by atoms with Crippen LogP contribution in [0.4, 0.5) is 11.5 Å². The molecule has 0 spiro atoms. The van der Waals surface area contributed by atoms with E-state index in [1.807, 2.05) is 18.0 Å². The van der Waals surface area contributed by atoms with Crippen molar-refractivity contribution in [1.29, 1.82) is 0 Å². The van der Waals surface area contributed by atoms with Crippen molar-refractivity contribution in [3.8, 4) is 5.88 Å². The van der Waals surface area contributed by atoms with Gasteiger partial charge in [0, 0.05) is 24.3 Å². The Labute approximate surface area is 117 Å². The molecule has 1 aromatic carbocycles. The maximum absolute atomic E-state index is 6.14. The Hall–Kier alpha value is -2.01. The summed E-state index contributed by atoms with van der Waals surface area (Å²) in [6.45, 7) is 0.589. The average molecular weight is 279 g/mol. The van der Waals surface area contributed by atoms with Crippen molar-refractivity contribution < 1.29 is 4.74 Å². The van der Waals surface area contributed by atoms with Gasteiger partial charge in [-0.2, -0.15) is 4.98 Å². The van der Waals surface area contributed by atoms with E-state index in [2.05, 4.69) is 9.97 Å². The molecule has 1 aromatic heterocycles. The third-order valence-electron chi connectivity index (χ3n) is 2.68. The molecule has 0 amide bonds. The lowest BCUT2D eigenvalue weighted by molar-refractivity contribution is 0.395. The van der Waals surface area contributed by atoms with Gasteiger partial charge in [0.1, 0.15) is 0 Å². The first-order valence-electron chi connectivity index (χ1n) is 5.71. The Bertz CT molecular complexity index is 576. The summed E-state index contributed by atoms with van der Waals surface area (Å²) in [6.07, 6.45) is 3.23. The van der Waals surface area contributed by atoms with Crippen molar-refractivity contribution in [1.82, 2.24) is 9.97 Å². The van der Waals surface area contributed by atoms with E-state index in [4.69, 9.17) is 22.1 Å². The standard InChI is InChI=1S/C13H15ClN4O/c1-18(12-6-16-7-13(17-12)19-2)8-9-5-10(15)3-4-11(9)14/h3-7H,8,15H2,1-2H3. The van der Waals surface area contributed by atoms with Crippen LogP contribution in [-0.4, -0.2) is 24.1 Å². The van der Waals surface area contributed by atoms with E-state index >= 15 is 0 Å². The maximum Gasteiger partial charge on any atom is 0.233 e. The molecule has 2 aromatic rings. The van der Waals surface area contributed by atoms with Gasteiger partial charge in [0.15, 0.2) is 5.82 Å². The number of nitrogens with zero attached hydrogens (tertiary/aromatic N) is 3. The minimum atomic E-state index is 0.475. The Balaban J connectivity index is 2.20. The first-order valence-corrected chi connectivity index (χ1v) is 6.09. The molecule has 0 bridgehead atoms. The molecule has 5 nitrogen and oxygen atoms in total. The van der Waals surface area contributed by atoms with Gasteiger partial charge in [-0.1, -0.05) is 11.6 Å². The van der Waals surface area contributed by atoms with E-state index in [9.17, 15) is 0 Å². The number of halogens is 1. The number of methoxy groups -OCH3 is 1. The fourth-order valence-electron chi connectivity index (χ4n) is 1.67. The Morgan fingerprint density at radius 2 is 2.16 bits per heavy atom. The minimum Gasteiger partial charge on any atom is -0.480 e. The SMILES string of the molecule is COc1cncc(N(C)Cc2cc(N)ccc2Cl)n1. The summed E-state index contributed by atoms with van der Waals surface area (Å²) >= 11 is 6.14. The molecular formula is C13H15ClN4O. The summed E-state index contributed by atoms with van der Waals surface area (Å²) < 4.78 is 5.05. The third kappa shape index (κ3) is 3.26. The normalized spacial score (nSPS) is 10.3. The molecule has 0 unspecified atom stereocenters. The second kappa shape index (κ2) is 5.75. The van der Waals surface area contributed by atoms with Gasteiger partial charge in [0.25, 0.3) is 0 Å². The van der Waals surface area contributed by atoms with E-state index in [0.717, 1.165) is 5.56 Å². The van der Waals surface area contributed by atoms with Gasteiger partial charge in [-0.05, 0) is 23.8 Å².